The van der Waals surface area contributed by atoms with Crippen LogP contribution >= 0.6 is 34.5 Å². The summed E-state index contributed by atoms with van der Waals surface area (Å²) in [5, 5.41) is 8.04. The third kappa shape index (κ3) is 3.53. The van der Waals surface area contributed by atoms with Crippen molar-refractivity contribution < 1.29 is 13.2 Å². The molecular weight excluding hydrogens is 345 g/mol. The number of hydrogen-bond acceptors (Lipinski definition) is 4. The summed E-state index contributed by atoms with van der Waals surface area (Å²) in [5.41, 5.74) is 0.225. The predicted octanol–water partition coefficient (Wildman–Crippen LogP) is 1.96. The highest BCUT2D eigenvalue weighted by Crippen LogP contribution is 2.22. The van der Waals surface area contributed by atoms with Crippen molar-refractivity contribution in [1.29, 1.82) is 0 Å². The number of carbonyl (C=O) groups is 1. The summed E-state index contributed by atoms with van der Waals surface area (Å²) in [5.74, 6) is -0.399. The molecule has 2 heterocycles. The van der Waals surface area contributed by atoms with Crippen molar-refractivity contribution in [2.75, 3.05) is 0 Å². The Hall–Kier alpha value is -1.06. The van der Waals surface area contributed by atoms with Crippen molar-refractivity contribution in [3.63, 3.8) is 0 Å². The lowest BCUT2D eigenvalue weighted by molar-refractivity contribution is 0.0947. The number of thiophene rings is 1. The maximum absolute atomic E-state index is 11.8. The molecule has 20 heavy (non-hydrogen) atoms. The SMILES string of the molecule is NS(=O)(=O)c1ccc(CNC(=O)c2cc(Cl)c(Cl)[nH]2)s1. The molecule has 0 spiro atoms. The zero-order valence-corrected chi connectivity index (χ0v) is 13.0. The van der Waals surface area contributed by atoms with E-state index >= 15 is 0 Å². The molecule has 0 fully saturated rings. The van der Waals surface area contributed by atoms with Gasteiger partial charge in [0, 0.05) is 4.88 Å². The number of aromatic nitrogens is 1. The smallest absolute Gasteiger partial charge is 0.268 e. The molecule has 2 aromatic rings. The molecule has 0 aliphatic heterocycles. The van der Waals surface area contributed by atoms with Crippen LogP contribution < -0.4 is 10.5 Å². The fourth-order valence-corrected chi connectivity index (χ4v) is 3.43. The Morgan fingerprint density at radius 1 is 1.40 bits per heavy atom. The van der Waals surface area contributed by atoms with Gasteiger partial charge in [-0.1, -0.05) is 23.2 Å². The summed E-state index contributed by atoms with van der Waals surface area (Å²) in [7, 11) is -3.71. The molecule has 0 atom stereocenters. The van der Waals surface area contributed by atoms with Gasteiger partial charge in [0.1, 0.15) is 15.1 Å². The molecule has 6 nitrogen and oxygen atoms in total. The fraction of sp³-hybridized carbons (Fsp3) is 0.100. The molecule has 2 rings (SSSR count). The molecule has 0 radical (unpaired) electrons. The molecule has 1 amide bonds. The minimum absolute atomic E-state index is 0.0488. The Morgan fingerprint density at radius 3 is 2.60 bits per heavy atom. The quantitative estimate of drug-likeness (QED) is 0.782. The first-order valence-electron chi connectivity index (χ1n) is 5.21. The van der Waals surface area contributed by atoms with Crippen LogP contribution in [0.3, 0.4) is 0 Å². The van der Waals surface area contributed by atoms with Crippen LogP contribution in [-0.2, 0) is 16.6 Å². The lowest BCUT2D eigenvalue weighted by atomic mass is 10.4. The zero-order chi connectivity index (χ0) is 14.9. The Kier molecular flexibility index (Phi) is 4.40. The number of amides is 1. The first-order chi connectivity index (χ1) is 9.27. The molecule has 0 saturated heterocycles. The lowest BCUT2D eigenvalue weighted by Gasteiger charge is -2.01. The monoisotopic (exact) mass is 353 g/mol. The predicted molar refractivity (Wildman–Crippen MR) is 77.7 cm³/mol. The highest BCUT2D eigenvalue weighted by Gasteiger charge is 2.14. The number of rotatable bonds is 4. The van der Waals surface area contributed by atoms with Crippen molar-refractivity contribution in [1.82, 2.24) is 10.3 Å². The summed E-state index contributed by atoms with van der Waals surface area (Å²) in [6.07, 6.45) is 0. The number of halogens is 2. The minimum atomic E-state index is -3.71. The Balaban J connectivity index is 2.02. The lowest BCUT2D eigenvalue weighted by Crippen LogP contribution is -2.22. The van der Waals surface area contributed by atoms with Gasteiger partial charge in [0.25, 0.3) is 5.91 Å². The molecule has 108 valence electrons. The molecule has 0 aliphatic rings. The first kappa shape index (κ1) is 15.3. The number of nitrogens with two attached hydrogens (primary N) is 1. The first-order valence-corrected chi connectivity index (χ1v) is 8.33. The van der Waals surface area contributed by atoms with Crippen LogP contribution in [0.5, 0.6) is 0 Å². The van der Waals surface area contributed by atoms with E-state index in [1.54, 1.807) is 6.07 Å². The average molecular weight is 354 g/mol. The van der Waals surface area contributed by atoms with Crippen LogP contribution in [0.25, 0.3) is 0 Å². The Labute approximate surface area is 128 Å². The topological polar surface area (TPSA) is 105 Å². The van der Waals surface area contributed by atoms with Crippen LogP contribution in [0, 0.1) is 0 Å². The van der Waals surface area contributed by atoms with Gasteiger partial charge in [-0.05, 0) is 18.2 Å². The number of nitrogens with one attached hydrogen (secondary N) is 2. The molecule has 0 aliphatic carbocycles. The minimum Gasteiger partial charge on any atom is -0.346 e. The summed E-state index contributed by atoms with van der Waals surface area (Å²) in [4.78, 5) is 15.1. The van der Waals surface area contributed by atoms with E-state index in [1.807, 2.05) is 0 Å². The number of hydrogen-bond donors (Lipinski definition) is 3. The number of carbonyl (C=O) groups excluding carboxylic acids is 1. The van der Waals surface area contributed by atoms with Crippen molar-refractivity contribution >= 4 is 50.5 Å². The molecule has 0 saturated carbocycles. The largest absolute Gasteiger partial charge is 0.346 e. The van der Waals surface area contributed by atoms with Crippen molar-refractivity contribution in [3.8, 4) is 0 Å². The number of H-pyrrole nitrogens is 1. The molecule has 2 aromatic heterocycles. The highest BCUT2D eigenvalue weighted by molar-refractivity contribution is 7.91. The van der Waals surface area contributed by atoms with Crippen molar-refractivity contribution in [2.45, 2.75) is 10.8 Å². The van der Waals surface area contributed by atoms with E-state index in [0.717, 1.165) is 11.3 Å². The van der Waals surface area contributed by atoms with Gasteiger partial charge in [0.05, 0.1) is 11.6 Å². The molecule has 10 heteroatoms. The molecular formula is C10H9Cl2N3O3S2. The number of aromatic amines is 1. The standard InChI is InChI=1S/C10H9Cl2N3O3S2/c11-6-3-7(15-9(6)12)10(16)14-4-5-1-2-8(19-5)20(13,17)18/h1-3,15H,4H2,(H,14,16)(H2,13,17,18). The maximum Gasteiger partial charge on any atom is 0.268 e. The fourth-order valence-electron chi connectivity index (χ4n) is 1.40. The number of sulfonamides is 1. The van der Waals surface area contributed by atoms with Gasteiger partial charge in [-0.15, -0.1) is 11.3 Å². The van der Waals surface area contributed by atoms with Crippen LogP contribution in [0.4, 0.5) is 0 Å². The van der Waals surface area contributed by atoms with E-state index in [9.17, 15) is 13.2 Å². The summed E-state index contributed by atoms with van der Waals surface area (Å²) in [6, 6.07) is 4.38. The van der Waals surface area contributed by atoms with Gasteiger partial charge in [0.15, 0.2) is 0 Å². The molecule has 0 unspecified atom stereocenters. The second-order valence-corrected chi connectivity index (χ2v) is 7.54. The zero-order valence-electron chi connectivity index (χ0n) is 9.81. The van der Waals surface area contributed by atoms with Gasteiger partial charge >= 0.3 is 0 Å². The van der Waals surface area contributed by atoms with Crippen molar-refractivity contribution in [3.05, 3.63) is 38.9 Å². The van der Waals surface area contributed by atoms with Gasteiger partial charge in [0.2, 0.25) is 10.0 Å². The molecule has 0 aromatic carbocycles. The second kappa shape index (κ2) is 5.74. The van der Waals surface area contributed by atoms with Crippen LogP contribution in [0.1, 0.15) is 15.4 Å². The van der Waals surface area contributed by atoms with Crippen LogP contribution in [0.15, 0.2) is 22.4 Å². The summed E-state index contributed by atoms with van der Waals surface area (Å²) in [6.45, 7) is 0.174. The molecule has 0 bridgehead atoms. The van der Waals surface area contributed by atoms with E-state index in [2.05, 4.69) is 10.3 Å². The third-order valence-corrected chi connectivity index (χ3v) is 5.53. The van der Waals surface area contributed by atoms with E-state index in [1.165, 1.54) is 12.1 Å². The maximum atomic E-state index is 11.8. The van der Waals surface area contributed by atoms with E-state index in [0.29, 0.717) is 4.88 Å². The van der Waals surface area contributed by atoms with E-state index in [4.69, 9.17) is 28.3 Å². The van der Waals surface area contributed by atoms with Crippen LogP contribution in [0.2, 0.25) is 10.2 Å². The Morgan fingerprint density at radius 2 is 2.10 bits per heavy atom. The second-order valence-electron chi connectivity index (χ2n) is 3.79. The van der Waals surface area contributed by atoms with Gasteiger partial charge < -0.3 is 10.3 Å². The van der Waals surface area contributed by atoms with E-state index in [-0.39, 0.29) is 26.6 Å². The van der Waals surface area contributed by atoms with Crippen LogP contribution in [-0.4, -0.2) is 19.3 Å². The Bertz CT molecular complexity index is 732. The van der Waals surface area contributed by atoms with Gasteiger partial charge in [-0.3, -0.25) is 4.79 Å². The summed E-state index contributed by atoms with van der Waals surface area (Å²) >= 11 is 12.4. The third-order valence-electron chi connectivity index (χ3n) is 2.31. The van der Waals surface area contributed by atoms with Gasteiger partial charge in [-0.2, -0.15) is 0 Å². The van der Waals surface area contributed by atoms with Gasteiger partial charge in [-0.25, -0.2) is 13.6 Å². The normalized spacial score (nSPS) is 11.6. The van der Waals surface area contributed by atoms with Crippen molar-refractivity contribution in [2.24, 2.45) is 5.14 Å². The summed E-state index contributed by atoms with van der Waals surface area (Å²) < 4.78 is 22.3. The molecule has 4 N–H and O–H groups in total. The average Bonchev–Trinajstić information content (AvgIpc) is 2.94. The number of primary sulfonamides is 1. The highest BCUT2D eigenvalue weighted by atomic mass is 35.5. The van der Waals surface area contributed by atoms with E-state index < -0.39 is 15.9 Å².